The molecule has 3 saturated heterocycles. The van der Waals surface area contributed by atoms with Crippen LogP contribution in [0.2, 0.25) is 0 Å². The highest BCUT2D eigenvalue weighted by atomic mass is 19.4. The molecule has 5 amide bonds. The summed E-state index contributed by atoms with van der Waals surface area (Å²) < 4.78 is 69.2. The van der Waals surface area contributed by atoms with Crippen LogP contribution in [-0.2, 0) is 52.8 Å². The molecule has 4 atom stereocenters. The van der Waals surface area contributed by atoms with E-state index >= 15 is 0 Å². The number of esters is 1. The zero-order chi connectivity index (χ0) is 52.6. The number of methoxy groups -OCH3 is 1. The van der Waals surface area contributed by atoms with Crippen LogP contribution < -0.4 is 10.7 Å². The van der Waals surface area contributed by atoms with Crippen LogP contribution in [0.3, 0.4) is 0 Å². The highest BCUT2D eigenvalue weighted by Crippen LogP contribution is 2.43. The van der Waals surface area contributed by atoms with Gasteiger partial charge in [0.05, 0.1) is 48.5 Å². The van der Waals surface area contributed by atoms with Crippen LogP contribution in [0, 0.1) is 11.3 Å². The zero-order valence-electron chi connectivity index (χ0n) is 42.6. The predicted molar refractivity (Wildman–Crippen MR) is 262 cm³/mol. The number of halogens is 3. The van der Waals surface area contributed by atoms with E-state index in [1.807, 2.05) is 13.8 Å². The molecule has 0 radical (unpaired) electrons. The first-order valence-corrected chi connectivity index (χ1v) is 24.9. The molecule has 1 spiro atoms. The number of likely N-dealkylation sites (tertiary alicyclic amines) is 1. The third-order valence-electron chi connectivity index (χ3n) is 14.5. The molecule has 0 unspecified atom stereocenters. The van der Waals surface area contributed by atoms with Crippen molar-refractivity contribution in [1.82, 2.24) is 45.0 Å². The van der Waals surface area contributed by atoms with Crippen LogP contribution in [0.4, 0.5) is 18.0 Å². The molecule has 6 bridgehead atoms. The second-order valence-electron chi connectivity index (χ2n) is 20.8. The Morgan fingerprint density at radius 1 is 1.08 bits per heavy atom. The van der Waals surface area contributed by atoms with Gasteiger partial charge < -0.3 is 43.2 Å². The Balaban J connectivity index is 1.13. The number of morpholine rings is 1. The monoisotopic (exact) mass is 1020 g/mol. The lowest BCUT2D eigenvalue weighted by molar-refractivity contribution is -0.155. The van der Waals surface area contributed by atoms with Gasteiger partial charge in [0.1, 0.15) is 30.9 Å². The SMILES string of the molecule is C=CC(=O)N1CCOC2(CCN(C(=O)N(C)[C@H](C(=O)N[C@H]3Cc4coc(n4)-c4ccc5c(c4)c(c(-c4cccnc4[C@H](C)OC)n5CC(F)(F)F)CC(C)(C)COC(=O)[C@@H]4CCCN(N4)C3=O)C(C)C)CC2)C1. The van der Waals surface area contributed by atoms with Crippen molar-refractivity contribution in [3.63, 3.8) is 0 Å². The number of carbonyl (C=O) groups excluding carboxylic acids is 5. The van der Waals surface area contributed by atoms with Gasteiger partial charge in [-0.05, 0) is 86.9 Å². The normalized spacial score (nSPS) is 21.4. The Bertz CT molecular complexity index is 2730. The Labute approximate surface area is 422 Å². The maximum Gasteiger partial charge on any atom is 0.406 e. The summed E-state index contributed by atoms with van der Waals surface area (Å²) in [5.41, 5.74) is 4.34. The number of aromatic nitrogens is 3. The number of benzene rings is 1. The van der Waals surface area contributed by atoms with Gasteiger partial charge in [-0.3, -0.25) is 29.2 Å². The molecule has 3 fully saturated rings. The van der Waals surface area contributed by atoms with Gasteiger partial charge in [0.25, 0.3) is 5.91 Å². The molecular formula is C52H66F3N9O9. The molecular weight excluding hydrogens is 952 g/mol. The van der Waals surface area contributed by atoms with E-state index < -0.39 is 71.7 Å². The molecule has 1 aromatic carbocycles. The van der Waals surface area contributed by atoms with Crippen molar-refractivity contribution in [3.05, 3.63) is 72.4 Å². The Morgan fingerprint density at radius 3 is 2.53 bits per heavy atom. The highest BCUT2D eigenvalue weighted by Gasteiger charge is 2.44. The maximum atomic E-state index is 14.7. The molecule has 0 aliphatic carbocycles. The second-order valence-corrected chi connectivity index (χ2v) is 20.8. The van der Waals surface area contributed by atoms with Crippen molar-refractivity contribution in [2.45, 2.75) is 116 Å². The maximum absolute atomic E-state index is 14.7. The van der Waals surface area contributed by atoms with E-state index in [0.29, 0.717) is 97.5 Å². The van der Waals surface area contributed by atoms with E-state index in [1.54, 1.807) is 74.1 Å². The summed E-state index contributed by atoms with van der Waals surface area (Å²) in [6.45, 7) is 13.4. The van der Waals surface area contributed by atoms with Gasteiger partial charge in [-0.15, -0.1) is 0 Å². The molecule has 73 heavy (non-hydrogen) atoms. The number of pyridine rings is 1. The Hall–Kier alpha value is -6.32. The number of cyclic esters (lactones) is 1. The van der Waals surface area contributed by atoms with Crippen LogP contribution in [0.15, 0.2) is 59.9 Å². The van der Waals surface area contributed by atoms with Gasteiger partial charge in [-0.25, -0.2) is 15.2 Å². The van der Waals surface area contributed by atoms with Gasteiger partial charge in [0, 0.05) is 80.4 Å². The average molecular weight is 1020 g/mol. The lowest BCUT2D eigenvalue weighted by Crippen LogP contribution is -2.63. The minimum atomic E-state index is -4.62. The van der Waals surface area contributed by atoms with Crippen molar-refractivity contribution >= 4 is 40.6 Å². The summed E-state index contributed by atoms with van der Waals surface area (Å²) >= 11 is 0. The van der Waals surface area contributed by atoms with E-state index in [2.05, 4.69) is 22.3 Å². The molecule has 4 aromatic rings. The fraction of sp³-hybridized carbons (Fsp3) is 0.558. The third-order valence-corrected chi connectivity index (χ3v) is 14.5. The molecule has 4 aliphatic rings. The number of urea groups is 1. The van der Waals surface area contributed by atoms with Crippen LogP contribution in [-0.4, -0.2) is 154 Å². The van der Waals surface area contributed by atoms with Gasteiger partial charge >= 0.3 is 18.2 Å². The molecule has 0 saturated carbocycles. The topological polar surface area (TPSA) is 194 Å². The van der Waals surface area contributed by atoms with E-state index in [0.717, 1.165) is 0 Å². The Kier molecular flexibility index (Phi) is 15.4. The van der Waals surface area contributed by atoms with E-state index in [-0.39, 0.29) is 49.5 Å². The number of nitrogens with zero attached hydrogens (tertiary/aromatic N) is 7. The first-order valence-electron chi connectivity index (χ1n) is 24.9. The average Bonchev–Trinajstić information content (AvgIpc) is 3.95. The van der Waals surface area contributed by atoms with Crippen LogP contribution in [0.5, 0.6) is 0 Å². The minimum Gasteiger partial charge on any atom is -0.464 e. The van der Waals surface area contributed by atoms with Crippen molar-refractivity contribution < 1.29 is 55.8 Å². The number of amides is 5. The number of carbonyl (C=O) groups is 5. The van der Waals surface area contributed by atoms with E-state index in [9.17, 15) is 37.1 Å². The summed E-state index contributed by atoms with van der Waals surface area (Å²) in [5.74, 6) is -2.24. The van der Waals surface area contributed by atoms with Crippen molar-refractivity contribution in [3.8, 4) is 22.7 Å². The van der Waals surface area contributed by atoms with Gasteiger partial charge in [0.15, 0.2) is 0 Å². The molecule has 394 valence electrons. The van der Waals surface area contributed by atoms with E-state index in [4.69, 9.17) is 23.6 Å². The molecule has 4 aliphatic heterocycles. The number of nitrogens with one attached hydrogen (secondary N) is 2. The van der Waals surface area contributed by atoms with E-state index in [1.165, 1.54) is 33.9 Å². The fourth-order valence-corrected chi connectivity index (χ4v) is 10.7. The fourth-order valence-electron chi connectivity index (χ4n) is 10.7. The highest BCUT2D eigenvalue weighted by molar-refractivity contribution is 5.95. The summed E-state index contributed by atoms with van der Waals surface area (Å²) in [7, 11) is 3.05. The quantitative estimate of drug-likeness (QED) is 0.142. The summed E-state index contributed by atoms with van der Waals surface area (Å²) in [6.07, 6.45) is 0.745. The molecule has 3 aromatic heterocycles. The number of likely N-dealkylation sites (N-methyl/N-ethyl adjacent to an activating group) is 1. The number of hydrogen-bond acceptors (Lipinski definition) is 12. The number of oxazole rings is 1. The standard InChI is InChI=1S/C52H66F3N9O9/c1-9-41(65)62-22-23-73-51(28-62)16-20-61(21-17-51)49(69)60(7)43(31(2)3)45(66)58-39-25-34-27-71-46(57-34)33-14-15-40-36(24-33)37(26-50(5,6)30-72-48(68)38-13-11-19-64(59-38)47(39)67)44(63(40)29-52(53,54)55)35-12-10-18-56-42(35)32(4)70-8/h9-10,12,14-15,18,24,27,31-32,38-39,43,59H,1,11,13,16-17,19-23,25-26,28-30H2,2-8H3,(H,58,66)/t32-,38-,39-,43-/m0/s1. The number of fused-ring (bicyclic) bond motifs is 6. The summed E-state index contributed by atoms with van der Waals surface area (Å²) in [6, 6.07) is 4.71. The molecule has 18 nitrogen and oxygen atoms in total. The number of ether oxygens (including phenoxy) is 3. The number of hydrogen-bond donors (Lipinski definition) is 2. The Morgan fingerprint density at radius 2 is 1.84 bits per heavy atom. The number of hydrazine groups is 1. The smallest absolute Gasteiger partial charge is 0.406 e. The van der Waals surface area contributed by atoms with Crippen molar-refractivity contribution in [1.29, 1.82) is 0 Å². The van der Waals surface area contributed by atoms with Gasteiger partial charge in [-0.2, -0.15) is 13.2 Å². The third kappa shape index (κ3) is 11.4. The van der Waals surface area contributed by atoms with Crippen LogP contribution >= 0.6 is 0 Å². The van der Waals surface area contributed by atoms with Crippen molar-refractivity contribution in [2.24, 2.45) is 11.3 Å². The summed E-state index contributed by atoms with van der Waals surface area (Å²) in [5, 5.41) is 4.71. The van der Waals surface area contributed by atoms with Crippen LogP contribution in [0.1, 0.15) is 83.4 Å². The minimum absolute atomic E-state index is 0.122. The largest absolute Gasteiger partial charge is 0.464 e. The molecule has 2 N–H and O–H groups in total. The van der Waals surface area contributed by atoms with Gasteiger partial charge in [-0.1, -0.05) is 34.3 Å². The first-order chi connectivity index (χ1) is 34.6. The first kappa shape index (κ1) is 53.0. The van der Waals surface area contributed by atoms with Crippen molar-refractivity contribution in [2.75, 3.05) is 60.1 Å². The van der Waals surface area contributed by atoms with Gasteiger partial charge in [0.2, 0.25) is 17.7 Å². The number of piperidine rings is 1. The lowest BCUT2D eigenvalue weighted by atomic mass is 9.84. The molecule has 21 heteroatoms. The molecule has 7 heterocycles. The second kappa shape index (κ2) is 21.3. The predicted octanol–water partition coefficient (Wildman–Crippen LogP) is 6.23. The summed E-state index contributed by atoms with van der Waals surface area (Å²) in [4.78, 5) is 83.9. The molecule has 8 rings (SSSR count). The van der Waals surface area contributed by atoms with Crippen LogP contribution in [0.25, 0.3) is 33.6 Å². The number of rotatable bonds is 9. The number of alkyl halides is 3. The lowest BCUT2D eigenvalue weighted by Gasteiger charge is -2.47. The zero-order valence-corrected chi connectivity index (χ0v) is 42.6.